The zero-order chi connectivity index (χ0) is 11.5. The first kappa shape index (κ1) is 15.7. The van der Waals surface area contributed by atoms with Crippen LogP contribution in [-0.2, 0) is 9.53 Å². The molecule has 1 rings (SSSR count). The monoisotopic (exact) mass is 250 g/mol. The fraction of sp³-hybridized carbons (Fsp3) is 0.909. The quantitative estimate of drug-likeness (QED) is 0.780. The largest absolute Gasteiger partial charge is 0.381 e. The molecule has 0 aromatic rings. The van der Waals surface area contributed by atoms with Gasteiger partial charge in [-0.25, -0.2) is 0 Å². The third kappa shape index (κ3) is 4.28. The molecule has 0 aromatic heterocycles. The summed E-state index contributed by atoms with van der Waals surface area (Å²) in [4.78, 5) is 11.6. The summed E-state index contributed by atoms with van der Waals surface area (Å²) in [5.74, 6) is 0.121. The second-order valence-corrected chi connectivity index (χ2v) is 5.10. The molecular weight excluding hydrogens is 228 g/mol. The van der Waals surface area contributed by atoms with Crippen molar-refractivity contribution in [3.8, 4) is 0 Å². The zero-order valence-corrected chi connectivity index (χ0v) is 11.1. The van der Waals surface area contributed by atoms with E-state index in [0.29, 0.717) is 6.54 Å². The Balaban J connectivity index is 0.00000225. The minimum absolute atomic E-state index is 0. The van der Waals surface area contributed by atoms with Crippen LogP contribution in [0.5, 0.6) is 0 Å². The molecule has 5 heteroatoms. The highest BCUT2D eigenvalue weighted by atomic mass is 35.5. The maximum absolute atomic E-state index is 11.6. The van der Waals surface area contributed by atoms with Gasteiger partial charge in [-0.05, 0) is 12.3 Å². The number of ether oxygens (including phenoxy) is 1. The number of carbonyl (C=O) groups excluding carboxylic acids is 1. The van der Waals surface area contributed by atoms with Crippen LogP contribution < -0.4 is 11.1 Å². The lowest BCUT2D eigenvalue weighted by Gasteiger charge is -2.24. The molecule has 96 valence electrons. The average molecular weight is 251 g/mol. The Morgan fingerprint density at radius 1 is 1.56 bits per heavy atom. The lowest BCUT2D eigenvalue weighted by molar-refractivity contribution is -0.123. The normalized spacial score (nSPS) is 26.3. The van der Waals surface area contributed by atoms with Crippen molar-refractivity contribution in [3.63, 3.8) is 0 Å². The van der Waals surface area contributed by atoms with Gasteiger partial charge in [0.1, 0.15) is 0 Å². The molecule has 16 heavy (non-hydrogen) atoms. The minimum atomic E-state index is -0.407. The van der Waals surface area contributed by atoms with E-state index in [1.165, 1.54) is 0 Å². The summed E-state index contributed by atoms with van der Waals surface area (Å²) in [5, 5.41) is 2.90. The van der Waals surface area contributed by atoms with Crippen molar-refractivity contribution in [2.45, 2.75) is 33.2 Å². The fourth-order valence-corrected chi connectivity index (χ4v) is 1.57. The minimum Gasteiger partial charge on any atom is -0.381 e. The first-order valence-corrected chi connectivity index (χ1v) is 5.56. The SMILES string of the molecule is CC(C)[C@H](N)C(=O)NCC1(C)CCOC1.Cl. The van der Waals surface area contributed by atoms with E-state index in [9.17, 15) is 4.79 Å². The highest BCUT2D eigenvalue weighted by Crippen LogP contribution is 2.26. The number of hydrogen-bond acceptors (Lipinski definition) is 3. The lowest BCUT2D eigenvalue weighted by atomic mass is 9.90. The van der Waals surface area contributed by atoms with Crippen LogP contribution in [0.3, 0.4) is 0 Å². The van der Waals surface area contributed by atoms with E-state index in [-0.39, 0.29) is 29.6 Å². The van der Waals surface area contributed by atoms with E-state index in [2.05, 4.69) is 12.2 Å². The first-order valence-electron chi connectivity index (χ1n) is 5.56. The average Bonchev–Trinajstić information content (AvgIpc) is 2.61. The summed E-state index contributed by atoms with van der Waals surface area (Å²) in [6, 6.07) is -0.407. The van der Waals surface area contributed by atoms with E-state index in [4.69, 9.17) is 10.5 Å². The van der Waals surface area contributed by atoms with E-state index < -0.39 is 6.04 Å². The standard InChI is InChI=1S/C11H22N2O2.ClH/c1-8(2)9(12)10(14)13-6-11(3)4-5-15-7-11;/h8-9H,4-7,12H2,1-3H3,(H,13,14);1H/t9-,11?;/m0./s1. The summed E-state index contributed by atoms with van der Waals surface area (Å²) in [6.07, 6.45) is 1.00. The van der Waals surface area contributed by atoms with Crippen LogP contribution in [0.15, 0.2) is 0 Å². The summed E-state index contributed by atoms with van der Waals surface area (Å²) in [7, 11) is 0. The van der Waals surface area contributed by atoms with E-state index >= 15 is 0 Å². The van der Waals surface area contributed by atoms with Gasteiger partial charge in [-0.1, -0.05) is 20.8 Å². The number of halogens is 1. The van der Waals surface area contributed by atoms with Gasteiger partial charge in [-0.15, -0.1) is 12.4 Å². The Labute approximate surface area is 104 Å². The molecular formula is C11H23ClN2O2. The van der Waals surface area contributed by atoms with Crippen LogP contribution in [0.25, 0.3) is 0 Å². The van der Waals surface area contributed by atoms with Crippen LogP contribution in [0.1, 0.15) is 27.2 Å². The molecule has 0 bridgehead atoms. The van der Waals surface area contributed by atoms with Crippen LogP contribution in [0, 0.1) is 11.3 Å². The zero-order valence-electron chi connectivity index (χ0n) is 10.3. The van der Waals surface area contributed by atoms with Crippen molar-refractivity contribution in [1.82, 2.24) is 5.32 Å². The third-order valence-electron chi connectivity index (χ3n) is 3.01. The predicted octanol–water partition coefficient (Wildman–Crippen LogP) is 0.934. The molecule has 0 saturated carbocycles. The van der Waals surface area contributed by atoms with Crippen LogP contribution in [0.4, 0.5) is 0 Å². The number of nitrogens with two attached hydrogens (primary N) is 1. The number of carbonyl (C=O) groups is 1. The van der Waals surface area contributed by atoms with Crippen LogP contribution >= 0.6 is 12.4 Å². The number of rotatable bonds is 4. The van der Waals surface area contributed by atoms with Crippen molar-refractivity contribution in [2.75, 3.05) is 19.8 Å². The lowest BCUT2D eigenvalue weighted by Crippen LogP contribution is -2.47. The summed E-state index contributed by atoms with van der Waals surface area (Å²) < 4.78 is 5.32. The van der Waals surface area contributed by atoms with Crippen molar-refractivity contribution >= 4 is 18.3 Å². The first-order chi connectivity index (χ1) is 6.94. The molecule has 3 N–H and O–H groups in total. The smallest absolute Gasteiger partial charge is 0.237 e. The van der Waals surface area contributed by atoms with Gasteiger partial charge in [-0.2, -0.15) is 0 Å². The summed E-state index contributed by atoms with van der Waals surface area (Å²) in [5.41, 5.74) is 5.83. The van der Waals surface area contributed by atoms with Gasteiger partial charge in [0.05, 0.1) is 12.6 Å². The molecule has 1 saturated heterocycles. The van der Waals surface area contributed by atoms with Crippen molar-refractivity contribution in [1.29, 1.82) is 0 Å². The molecule has 1 aliphatic rings. The molecule has 1 amide bonds. The highest BCUT2D eigenvalue weighted by molar-refractivity contribution is 5.85. The van der Waals surface area contributed by atoms with E-state index in [0.717, 1.165) is 19.6 Å². The third-order valence-corrected chi connectivity index (χ3v) is 3.01. The van der Waals surface area contributed by atoms with Gasteiger partial charge in [-0.3, -0.25) is 4.79 Å². The summed E-state index contributed by atoms with van der Waals surface area (Å²) in [6.45, 7) is 8.20. The van der Waals surface area contributed by atoms with Crippen molar-refractivity contribution in [2.24, 2.45) is 17.1 Å². The number of nitrogens with one attached hydrogen (secondary N) is 1. The Hall–Kier alpha value is -0.320. The van der Waals surface area contributed by atoms with Crippen LogP contribution in [-0.4, -0.2) is 31.7 Å². The van der Waals surface area contributed by atoms with Gasteiger partial charge in [0.2, 0.25) is 5.91 Å². The molecule has 2 atom stereocenters. The van der Waals surface area contributed by atoms with Gasteiger partial charge >= 0.3 is 0 Å². The van der Waals surface area contributed by atoms with Gasteiger partial charge in [0.25, 0.3) is 0 Å². The number of amides is 1. The van der Waals surface area contributed by atoms with Crippen molar-refractivity contribution < 1.29 is 9.53 Å². The fourth-order valence-electron chi connectivity index (χ4n) is 1.57. The maximum Gasteiger partial charge on any atom is 0.237 e. The topological polar surface area (TPSA) is 64.4 Å². The van der Waals surface area contributed by atoms with Gasteiger partial charge in [0, 0.05) is 18.6 Å². The summed E-state index contributed by atoms with van der Waals surface area (Å²) >= 11 is 0. The Bertz CT molecular complexity index is 228. The number of hydrogen-bond donors (Lipinski definition) is 2. The highest BCUT2D eigenvalue weighted by Gasteiger charge is 2.30. The Morgan fingerprint density at radius 3 is 2.62 bits per heavy atom. The maximum atomic E-state index is 11.6. The molecule has 1 aliphatic heterocycles. The molecule has 0 aliphatic carbocycles. The van der Waals surface area contributed by atoms with Crippen molar-refractivity contribution in [3.05, 3.63) is 0 Å². The van der Waals surface area contributed by atoms with Crippen LogP contribution in [0.2, 0.25) is 0 Å². The van der Waals surface area contributed by atoms with Gasteiger partial charge < -0.3 is 15.8 Å². The second-order valence-electron chi connectivity index (χ2n) is 5.10. The van der Waals surface area contributed by atoms with E-state index in [1.54, 1.807) is 0 Å². The molecule has 1 fully saturated rings. The molecule has 4 nitrogen and oxygen atoms in total. The molecule has 0 aromatic carbocycles. The second kappa shape index (κ2) is 6.42. The molecule has 1 unspecified atom stereocenters. The van der Waals surface area contributed by atoms with Gasteiger partial charge in [0.15, 0.2) is 0 Å². The predicted molar refractivity (Wildman–Crippen MR) is 66.6 cm³/mol. The Kier molecular flexibility index (Phi) is 6.30. The molecule has 0 spiro atoms. The Morgan fingerprint density at radius 2 is 2.19 bits per heavy atom. The molecule has 0 radical (unpaired) electrons. The molecule has 1 heterocycles. The van der Waals surface area contributed by atoms with E-state index in [1.807, 2.05) is 13.8 Å².